The van der Waals surface area contributed by atoms with Crippen LogP contribution >= 0.6 is 0 Å². The van der Waals surface area contributed by atoms with Gasteiger partial charge in [0.1, 0.15) is 18.3 Å². The molecule has 2 aliphatic rings. The minimum atomic E-state index is -0.523. The van der Waals surface area contributed by atoms with E-state index >= 15 is 0 Å². The van der Waals surface area contributed by atoms with Crippen LogP contribution in [-0.4, -0.2) is 41.4 Å². The molecule has 0 amide bonds. The van der Waals surface area contributed by atoms with Gasteiger partial charge >= 0.3 is 0 Å². The number of nitrogens with zero attached hydrogens (tertiary/aromatic N) is 1. The zero-order valence-electron chi connectivity index (χ0n) is 15.6. The Balaban J connectivity index is 1.33. The number of aliphatic hydroxyl groups is 1. The zero-order valence-corrected chi connectivity index (χ0v) is 15.6. The molecule has 4 heteroatoms. The van der Waals surface area contributed by atoms with E-state index in [0.29, 0.717) is 6.54 Å². The molecule has 2 aromatic carbocycles. The van der Waals surface area contributed by atoms with Gasteiger partial charge in [0.05, 0.1) is 0 Å². The van der Waals surface area contributed by atoms with Crippen molar-refractivity contribution in [3.05, 3.63) is 59.2 Å². The summed E-state index contributed by atoms with van der Waals surface area (Å²) in [6.45, 7) is 6.94. The second kappa shape index (κ2) is 6.93. The lowest BCUT2D eigenvalue weighted by atomic mass is 10.00. The highest BCUT2D eigenvalue weighted by Gasteiger charge is 2.32. The Morgan fingerprint density at radius 2 is 1.88 bits per heavy atom. The third-order valence-electron chi connectivity index (χ3n) is 5.16. The molecule has 0 radical (unpaired) electrons. The topological polar surface area (TPSA) is 41.9 Å². The molecule has 138 valence electrons. The molecule has 2 aromatic rings. The van der Waals surface area contributed by atoms with Crippen molar-refractivity contribution < 1.29 is 14.6 Å². The van der Waals surface area contributed by atoms with Gasteiger partial charge in [-0.25, -0.2) is 0 Å². The van der Waals surface area contributed by atoms with E-state index in [0.717, 1.165) is 37.4 Å². The molecule has 26 heavy (non-hydrogen) atoms. The van der Waals surface area contributed by atoms with Crippen LogP contribution in [0.5, 0.6) is 11.5 Å². The minimum absolute atomic E-state index is 0.193. The standard InChI is InChI=1S/C22H27NO3/c1-22(2)12-17-8-5-9-20(21(17)26-22)25-15-19(24)14-23-11-10-16-6-3-4-7-18(16)13-23/h3-9,19,24H,10-15H2,1-2H3/t19-/m0/s1. The molecule has 0 saturated heterocycles. The van der Waals surface area contributed by atoms with Crippen LogP contribution in [0.25, 0.3) is 0 Å². The normalized spacial score (nSPS) is 19.3. The number of aliphatic hydroxyl groups excluding tert-OH is 1. The summed E-state index contributed by atoms with van der Waals surface area (Å²) in [6.07, 6.45) is 1.40. The largest absolute Gasteiger partial charge is 0.487 e. The summed E-state index contributed by atoms with van der Waals surface area (Å²) in [5, 5.41) is 10.5. The van der Waals surface area contributed by atoms with Crippen LogP contribution < -0.4 is 9.47 Å². The Morgan fingerprint density at radius 3 is 2.73 bits per heavy atom. The molecule has 0 aliphatic carbocycles. The van der Waals surface area contributed by atoms with E-state index in [1.807, 2.05) is 12.1 Å². The zero-order chi connectivity index (χ0) is 18.1. The van der Waals surface area contributed by atoms with Crippen molar-refractivity contribution in [2.45, 2.75) is 44.9 Å². The number of hydrogen-bond donors (Lipinski definition) is 1. The molecule has 0 saturated carbocycles. The quantitative estimate of drug-likeness (QED) is 0.896. The van der Waals surface area contributed by atoms with Crippen LogP contribution in [0.3, 0.4) is 0 Å². The first-order chi connectivity index (χ1) is 12.5. The summed E-state index contributed by atoms with van der Waals surface area (Å²) in [5.41, 5.74) is 3.77. The molecule has 0 spiro atoms. The molecule has 4 rings (SSSR count). The van der Waals surface area contributed by atoms with E-state index < -0.39 is 6.10 Å². The van der Waals surface area contributed by atoms with E-state index in [-0.39, 0.29) is 12.2 Å². The Hall–Kier alpha value is -2.04. The maximum absolute atomic E-state index is 10.5. The Labute approximate surface area is 155 Å². The lowest BCUT2D eigenvalue weighted by molar-refractivity contribution is 0.0608. The molecule has 0 bridgehead atoms. The van der Waals surface area contributed by atoms with Gasteiger partial charge in [-0.05, 0) is 37.5 Å². The Kier molecular flexibility index (Phi) is 4.63. The number of β-amino-alcohol motifs (C(OH)–C–C–N with tert-alkyl or cyclic N) is 1. The fraction of sp³-hybridized carbons (Fsp3) is 0.455. The summed E-state index contributed by atoms with van der Waals surface area (Å²) in [7, 11) is 0. The van der Waals surface area contributed by atoms with Crippen molar-refractivity contribution in [2.24, 2.45) is 0 Å². The molecule has 2 heterocycles. The Morgan fingerprint density at radius 1 is 1.12 bits per heavy atom. The number of benzene rings is 2. The number of para-hydroxylation sites is 1. The van der Waals surface area contributed by atoms with Crippen LogP contribution in [0.2, 0.25) is 0 Å². The fourth-order valence-corrected chi connectivity index (χ4v) is 3.95. The van der Waals surface area contributed by atoms with E-state index in [9.17, 15) is 5.11 Å². The maximum atomic E-state index is 10.5. The van der Waals surface area contributed by atoms with Gasteiger partial charge in [0.25, 0.3) is 0 Å². The van der Waals surface area contributed by atoms with Gasteiger partial charge in [-0.15, -0.1) is 0 Å². The number of fused-ring (bicyclic) bond motifs is 2. The summed E-state index contributed by atoms with van der Waals surface area (Å²) in [6, 6.07) is 14.5. The van der Waals surface area contributed by atoms with Gasteiger partial charge in [0.2, 0.25) is 0 Å². The van der Waals surface area contributed by atoms with Crippen molar-refractivity contribution >= 4 is 0 Å². The van der Waals surface area contributed by atoms with Crippen molar-refractivity contribution in [2.75, 3.05) is 19.7 Å². The van der Waals surface area contributed by atoms with Crippen LogP contribution in [-0.2, 0) is 19.4 Å². The van der Waals surface area contributed by atoms with Gasteiger partial charge in [-0.2, -0.15) is 0 Å². The van der Waals surface area contributed by atoms with Gasteiger partial charge in [0, 0.05) is 31.6 Å². The van der Waals surface area contributed by atoms with E-state index in [2.05, 4.69) is 49.1 Å². The van der Waals surface area contributed by atoms with E-state index in [1.54, 1.807) is 0 Å². The second-order valence-corrected chi connectivity index (χ2v) is 8.00. The molecule has 1 atom stereocenters. The molecule has 2 aliphatic heterocycles. The van der Waals surface area contributed by atoms with Gasteiger partial charge in [-0.1, -0.05) is 36.4 Å². The van der Waals surface area contributed by atoms with E-state index in [4.69, 9.17) is 9.47 Å². The first-order valence-corrected chi connectivity index (χ1v) is 9.41. The summed E-state index contributed by atoms with van der Waals surface area (Å²) in [5.74, 6) is 1.56. The van der Waals surface area contributed by atoms with E-state index in [1.165, 1.54) is 16.7 Å². The smallest absolute Gasteiger partial charge is 0.165 e. The SMILES string of the molecule is CC1(C)Cc2cccc(OC[C@@H](O)CN3CCc4ccccc4C3)c2O1. The summed E-state index contributed by atoms with van der Waals surface area (Å²) < 4.78 is 11.9. The first-order valence-electron chi connectivity index (χ1n) is 9.41. The monoisotopic (exact) mass is 353 g/mol. The minimum Gasteiger partial charge on any atom is -0.487 e. The lowest BCUT2D eigenvalue weighted by Crippen LogP contribution is -2.38. The highest BCUT2D eigenvalue weighted by Crippen LogP contribution is 2.41. The van der Waals surface area contributed by atoms with Gasteiger partial charge < -0.3 is 14.6 Å². The molecular weight excluding hydrogens is 326 g/mol. The van der Waals surface area contributed by atoms with Crippen molar-refractivity contribution in [1.29, 1.82) is 0 Å². The molecule has 0 unspecified atom stereocenters. The number of ether oxygens (including phenoxy) is 2. The fourth-order valence-electron chi connectivity index (χ4n) is 3.95. The third-order valence-corrected chi connectivity index (χ3v) is 5.16. The van der Waals surface area contributed by atoms with Crippen molar-refractivity contribution in [3.8, 4) is 11.5 Å². The molecule has 1 N–H and O–H groups in total. The predicted octanol–water partition coefficient (Wildman–Crippen LogP) is 3.20. The average Bonchev–Trinajstić information content (AvgIpc) is 2.94. The predicted molar refractivity (Wildman–Crippen MR) is 102 cm³/mol. The van der Waals surface area contributed by atoms with Crippen molar-refractivity contribution in [1.82, 2.24) is 4.90 Å². The summed E-state index contributed by atoms with van der Waals surface area (Å²) in [4.78, 5) is 2.30. The highest BCUT2D eigenvalue weighted by molar-refractivity contribution is 5.50. The molecule has 0 aromatic heterocycles. The van der Waals surface area contributed by atoms with Gasteiger partial charge in [-0.3, -0.25) is 4.90 Å². The summed E-state index contributed by atoms with van der Waals surface area (Å²) >= 11 is 0. The average molecular weight is 353 g/mol. The molecular formula is C22H27NO3. The maximum Gasteiger partial charge on any atom is 0.165 e. The van der Waals surface area contributed by atoms with Gasteiger partial charge in [0.15, 0.2) is 11.5 Å². The highest BCUT2D eigenvalue weighted by atomic mass is 16.5. The van der Waals surface area contributed by atoms with Crippen LogP contribution in [0.15, 0.2) is 42.5 Å². The second-order valence-electron chi connectivity index (χ2n) is 8.00. The van der Waals surface area contributed by atoms with Crippen LogP contribution in [0.4, 0.5) is 0 Å². The lowest BCUT2D eigenvalue weighted by Gasteiger charge is -2.30. The number of hydrogen-bond acceptors (Lipinski definition) is 4. The van der Waals surface area contributed by atoms with Crippen LogP contribution in [0.1, 0.15) is 30.5 Å². The first kappa shape index (κ1) is 17.4. The number of rotatable bonds is 5. The Bertz CT molecular complexity index is 787. The van der Waals surface area contributed by atoms with Crippen LogP contribution in [0, 0.1) is 0 Å². The third kappa shape index (κ3) is 3.71. The van der Waals surface area contributed by atoms with Crippen molar-refractivity contribution in [3.63, 3.8) is 0 Å². The molecule has 0 fully saturated rings. The molecule has 4 nitrogen and oxygen atoms in total.